The minimum absolute atomic E-state index is 0.748. The summed E-state index contributed by atoms with van der Waals surface area (Å²) in [6.07, 6.45) is 0. The second-order valence-electron chi connectivity index (χ2n) is 4.15. The SMILES string of the molecule is CCOCCSc1nnc(C)n1Cc1ccccc1. The van der Waals surface area contributed by atoms with E-state index in [1.807, 2.05) is 19.9 Å². The number of ether oxygens (including phenoxy) is 1. The number of aromatic nitrogens is 3. The van der Waals surface area contributed by atoms with Crippen LogP contribution in [-0.2, 0) is 11.3 Å². The minimum atomic E-state index is 0.748. The smallest absolute Gasteiger partial charge is 0.191 e. The number of aryl methyl sites for hydroxylation is 1. The molecule has 4 nitrogen and oxygen atoms in total. The molecular weight excluding hydrogens is 258 g/mol. The second-order valence-corrected chi connectivity index (χ2v) is 5.21. The van der Waals surface area contributed by atoms with Crippen LogP contribution >= 0.6 is 11.8 Å². The van der Waals surface area contributed by atoms with Gasteiger partial charge in [-0.3, -0.25) is 0 Å². The van der Waals surface area contributed by atoms with Crippen LogP contribution in [0.4, 0.5) is 0 Å². The summed E-state index contributed by atoms with van der Waals surface area (Å²) in [6, 6.07) is 10.4. The molecule has 1 aromatic heterocycles. The summed E-state index contributed by atoms with van der Waals surface area (Å²) in [7, 11) is 0. The van der Waals surface area contributed by atoms with Crippen molar-refractivity contribution in [3.63, 3.8) is 0 Å². The molecule has 0 saturated carbocycles. The Labute approximate surface area is 118 Å². The van der Waals surface area contributed by atoms with Gasteiger partial charge in [0.25, 0.3) is 0 Å². The van der Waals surface area contributed by atoms with Crippen molar-refractivity contribution in [1.82, 2.24) is 14.8 Å². The normalized spacial score (nSPS) is 10.8. The van der Waals surface area contributed by atoms with Crippen LogP contribution in [0.15, 0.2) is 35.5 Å². The fraction of sp³-hybridized carbons (Fsp3) is 0.429. The summed E-state index contributed by atoms with van der Waals surface area (Å²) in [5.74, 6) is 1.85. The Kier molecular flexibility index (Phi) is 5.42. The molecule has 2 rings (SSSR count). The van der Waals surface area contributed by atoms with Gasteiger partial charge in [-0.25, -0.2) is 0 Å². The lowest BCUT2D eigenvalue weighted by Gasteiger charge is -2.08. The molecule has 0 radical (unpaired) electrons. The summed E-state index contributed by atoms with van der Waals surface area (Å²) >= 11 is 1.69. The van der Waals surface area contributed by atoms with Gasteiger partial charge in [-0.05, 0) is 19.4 Å². The first-order chi connectivity index (χ1) is 9.31. The molecular formula is C14H19N3OS. The van der Waals surface area contributed by atoms with E-state index in [1.54, 1.807) is 11.8 Å². The van der Waals surface area contributed by atoms with Gasteiger partial charge in [0.15, 0.2) is 5.16 Å². The summed E-state index contributed by atoms with van der Waals surface area (Å²) in [5, 5.41) is 9.35. The Balaban J connectivity index is 2.01. The van der Waals surface area contributed by atoms with Gasteiger partial charge >= 0.3 is 0 Å². The average Bonchev–Trinajstić information content (AvgIpc) is 2.78. The van der Waals surface area contributed by atoms with E-state index in [0.29, 0.717) is 0 Å². The molecule has 1 heterocycles. The first kappa shape index (κ1) is 14.1. The van der Waals surface area contributed by atoms with E-state index in [9.17, 15) is 0 Å². The Morgan fingerprint density at radius 2 is 2.00 bits per heavy atom. The van der Waals surface area contributed by atoms with Crippen molar-refractivity contribution in [2.45, 2.75) is 25.5 Å². The van der Waals surface area contributed by atoms with Crippen LogP contribution in [0, 0.1) is 6.92 Å². The molecule has 102 valence electrons. The van der Waals surface area contributed by atoms with Crippen LogP contribution in [0.25, 0.3) is 0 Å². The quantitative estimate of drug-likeness (QED) is 0.576. The van der Waals surface area contributed by atoms with Crippen LogP contribution in [0.3, 0.4) is 0 Å². The molecule has 0 unspecified atom stereocenters. The van der Waals surface area contributed by atoms with Crippen molar-refractivity contribution in [2.24, 2.45) is 0 Å². The molecule has 19 heavy (non-hydrogen) atoms. The highest BCUT2D eigenvalue weighted by atomic mass is 32.2. The Morgan fingerprint density at radius 3 is 2.74 bits per heavy atom. The zero-order valence-electron chi connectivity index (χ0n) is 11.4. The molecule has 0 aliphatic rings. The van der Waals surface area contributed by atoms with Gasteiger partial charge in [0, 0.05) is 12.4 Å². The predicted molar refractivity (Wildman–Crippen MR) is 77.5 cm³/mol. The molecule has 1 aromatic carbocycles. The first-order valence-corrected chi connectivity index (χ1v) is 7.44. The van der Waals surface area contributed by atoms with Gasteiger partial charge < -0.3 is 9.30 Å². The lowest BCUT2D eigenvalue weighted by molar-refractivity contribution is 0.164. The third kappa shape index (κ3) is 4.08. The van der Waals surface area contributed by atoms with E-state index in [-0.39, 0.29) is 0 Å². The van der Waals surface area contributed by atoms with E-state index in [0.717, 1.165) is 36.5 Å². The van der Waals surface area contributed by atoms with Crippen molar-refractivity contribution >= 4 is 11.8 Å². The van der Waals surface area contributed by atoms with Gasteiger partial charge in [0.1, 0.15) is 5.82 Å². The molecule has 0 N–H and O–H groups in total. The highest BCUT2D eigenvalue weighted by Crippen LogP contribution is 2.18. The lowest BCUT2D eigenvalue weighted by Crippen LogP contribution is -2.05. The van der Waals surface area contributed by atoms with E-state index >= 15 is 0 Å². The Bertz CT molecular complexity index is 499. The lowest BCUT2D eigenvalue weighted by atomic mass is 10.2. The van der Waals surface area contributed by atoms with Gasteiger partial charge in [-0.2, -0.15) is 0 Å². The van der Waals surface area contributed by atoms with Gasteiger partial charge in [-0.15, -0.1) is 10.2 Å². The predicted octanol–water partition coefficient (Wildman–Crippen LogP) is 2.76. The first-order valence-electron chi connectivity index (χ1n) is 6.45. The zero-order chi connectivity index (χ0) is 13.5. The fourth-order valence-electron chi connectivity index (χ4n) is 1.75. The number of hydrogen-bond acceptors (Lipinski definition) is 4. The number of hydrogen-bond donors (Lipinski definition) is 0. The van der Waals surface area contributed by atoms with E-state index in [1.165, 1.54) is 5.56 Å². The standard InChI is InChI=1S/C14H19N3OS/c1-3-18-9-10-19-14-16-15-12(2)17(14)11-13-7-5-4-6-8-13/h4-8H,3,9-11H2,1-2H3. The molecule has 0 bridgehead atoms. The van der Waals surface area contributed by atoms with Gasteiger partial charge in [0.05, 0.1) is 13.2 Å². The molecule has 0 spiro atoms. The summed E-state index contributed by atoms with van der Waals surface area (Å²) < 4.78 is 7.49. The number of thioether (sulfide) groups is 1. The molecule has 0 atom stereocenters. The second kappa shape index (κ2) is 7.31. The zero-order valence-corrected chi connectivity index (χ0v) is 12.2. The van der Waals surface area contributed by atoms with E-state index < -0.39 is 0 Å². The monoisotopic (exact) mass is 277 g/mol. The van der Waals surface area contributed by atoms with Crippen molar-refractivity contribution in [2.75, 3.05) is 19.0 Å². The van der Waals surface area contributed by atoms with Crippen LogP contribution in [0.5, 0.6) is 0 Å². The van der Waals surface area contributed by atoms with E-state index in [4.69, 9.17) is 4.74 Å². The number of benzene rings is 1. The third-order valence-corrected chi connectivity index (χ3v) is 3.68. The maximum atomic E-state index is 5.34. The number of nitrogens with zero attached hydrogens (tertiary/aromatic N) is 3. The molecule has 0 amide bonds. The van der Waals surface area contributed by atoms with Crippen LogP contribution in [-0.4, -0.2) is 33.7 Å². The third-order valence-electron chi connectivity index (χ3n) is 2.75. The van der Waals surface area contributed by atoms with E-state index in [2.05, 4.69) is 39.0 Å². The van der Waals surface area contributed by atoms with Gasteiger partial charge in [-0.1, -0.05) is 42.1 Å². The van der Waals surface area contributed by atoms with Crippen molar-refractivity contribution in [3.8, 4) is 0 Å². The van der Waals surface area contributed by atoms with Crippen LogP contribution in [0.2, 0.25) is 0 Å². The molecule has 5 heteroatoms. The summed E-state index contributed by atoms with van der Waals surface area (Å²) in [6.45, 7) is 6.32. The van der Waals surface area contributed by atoms with Crippen LogP contribution in [0.1, 0.15) is 18.3 Å². The Morgan fingerprint density at radius 1 is 1.21 bits per heavy atom. The number of rotatable bonds is 7. The maximum Gasteiger partial charge on any atom is 0.191 e. The molecule has 2 aromatic rings. The topological polar surface area (TPSA) is 39.9 Å². The largest absolute Gasteiger partial charge is 0.381 e. The molecule has 0 aliphatic carbocycles. The average molecular weight is 277 g/mol. The maximum absolute atomic E-state index is 5.34. The summed E-state index contributed by atoms with van der Waals surface area (Å²) in [4.78, 5) is 0. The van der Waals surface area contributed by atoms with Crippen LogP contribution < -0.4 is 0 Å². The van der Waals surface area contributed by atoms with Crippen molar-refractivity contribution < 1.29 is 4.74 Å². The fourth-order valence-corrected chi connectivity index (χ4v) is 2.59. The minimum Gasteiger partial charge on any atom is -0.381 e. The summed E-state index contributed by atoms with van der Waals surface area (Å²) in [5.41, 5.74) is 1.26. The molecule has 0 fully saturated rings. The Hall–Kier alpha value is -1.33. The highest BCUT2D eigenvalue weighted by Gasteiger charge is 2.09. The van der Waals surface area contributed by atoms with Crippen molar-refractivity contribution in [1.29, 1.82) is 0 Å². The van der Waals surface area contributed by atoms with Gasteiger partial charge in [0.2, 0.25) is 0 Å². The molecule has 0 saturated heterocycles. The highest BCUT2D eigenvalue weighted by molar-refractivity contribution is 7.99. The molecule has 0 aliphatic heterocycles. The van der Waals surface area contributed by atoms with Crippen molar-refractivity contribution in [3.05, 3.63) is 41.7 Å².